The molecule has 4 aromatic rings. The van der Waals surface area contributed by atoms with Gasteiger partial charge in [0.25, 0.3) is 0 Å². The van der Waals surface area contributed by atoms with Gasteiger partial charge >= 0.3 is 0 Å². The molecule has 0 radical (unpaired) electrons. The first-order valence-electron chi connectivity index (χ1n) is 20.5. The lowest BCUT2D eigenvalue weighted by molar-refractivity contribution is -0.137. The van der Waals surface area contributed by atoms with Crippen LogP contribution in [0.25, 0.3) is 10.9 Å². The SMILES string of the molecule is CCCCC(=O)N[C@]1(C(=O)N[C@H](Cc2ccccc2)C(=O)N[C@@H](CCCN=C(N)N)C(=O)N[C@@H](Cc2c[nH]c3ccccc23)C(=O)NCC(N)=O)CCc2cccc(Br)c2C1. The molecule has 0 aliphatic heterocycles. The van der Waals surface area contributed by atoms with Crippen LogP contribution in [0.5, 0.6) is 0 Å². The summed E-state index contributed by atoms with van der Waals surface area (Å²) in [6.07, 6.45) is 4.81. The topological polar surface area (TPSA) is 269 Å². The summed E-state index contributed by atoms with van der Waals surface area (Å²) in [4.78, 5) is 89.2. The zero-order valence-corrected chi connectivity index (χ0v) is 35.8. The van der Waals surface area contributed by atoms with Crippen LogP contribution in [0, 0.1) is 0 Å². The van der Waals surface area contributed by atoms with E-state index >= 15 is 0 Å². The number of hydrogen-bond acceptors (Lipinski definition) is 7. The fraction of sp³-hybridized carbons (Fsp3) is 0.386. The van der Waals surface area contributed by atoms with E-state index in [1.165, 1.54) is 0 Å². The first kappa shape index (κ1) is 45.8. The molecular weight excluding hydrogens is 844 g/mol. The van der Waals surface area contributed by atoms with Crippen LogP contribution in [0.3, 0.4) is 0 Å². The molecule has 0 saturated heterocycles. The number of rotatable bonds is 21. The van der Waals surface area contributed by atoms with Crippen molar-refractivity contribution in [1.29, 1.82) is 0 Å². The molecule has 0 bridgehead atoms. The number of aromatic amines is 1. The van der Waals surface area contributed by atoms with Gasteiger partial charge in [-0.1, -0.05) is 89.9 Å². The number of fused-ring (bicyclic) bond motifs is 2. The standard InChI is InChI=1S/C44H55BrN10O6/c1-2-3-18-38(57)55-44(20-19-28-13-9-15-32(45)31(28)24-44)42(61)54-35(22-27-11-5-4-6-12-27)41(60)52-34(17-10-21-49-43(47)48)40(59)53-36(39(58)51-26-37(46)56)23-29-25-50-33-16-8-7-14-30(29)33/h4-9,11-16,25,34-36,50H,2-3,10,17-24,26H2,1H3,(H2,46,56)(H,51,58)(H,52,60)(H,53,59)(H,54,61)(H,55,57)(H4,47,48,49)/t34-,35+,36-,44+/m0/s1. The minimum Gasteiger partial charge on any atom is -0.370 e. The summed E-state index contributed by atoms with van der Waals surface area (Å²) in [5.41, 5.74) is 19.3. The molecule has 1 aliphatic carbocycles. The number of nitrogens with zero attached hydrogens (tertiary/aromatic N) is 1. The van der Waals surface area contributed by atoms with Gasteiger partial charge in [-0.3, -0.25) is 33.8 Å². The second kappa shape index (κ2) is 21.9. The number of halogens is 1. The van der Waals surface area contributed by atoms with Gasteiger partial charge in [0.15, 0.2) is 5.96 Å². The average Bonchev–Trinajstić information content (AvgIpc) is 3.65. The van der Waals surface area contributed by atoms with E-state index in [1.807, 2.05) is 79.7 Å². The number of carbonyl (C=O) groups is 6. The van der Waals surface area contributed by atoms with Gasteiger partial charge in [-0.15, -0.1) is 0 Å². The highest BCUT2D eigenvalue weighted by molar-refractivity contribution is 9.10. The van der Waals surface area contributed by atoms with Gasteiger partial charge < -0.3 is 48.8 Å². The highest BCUT2D eigenvalue weighted by Crippen LogP contribution is 2.34. The van der Waals surface area contributed by atoms with Gasteiger partial charge in [0.05, 0.1) is 6.54 Å². The number of guanidine groups is 1. The van der Waals surface area contributed by atoms with Crippen LogP contribution in [0.4, 0.5) is 0 Å². The summed E-state index contributed by atoms with van der Waals surface area (Å²) < 4.78 is 0.809. The molecule has 0 fully saturated rings. The fourth-order valence-electron chi connectivity index (χ4n) is 7.50. The normalized spacial score (nSPS) is 15.9. The van der Waals surface area contributed by atoms with E-state index in [4.69, 9.17) is 17.2 Å². The average molecular weight is 900 g/mol. The number of hydrogen-bond donors (Lipinski definition) is 9. The van der Waals surface area contributed by atoms with Gasteiger partial charge in [-0.2, -0.15) is 0 Å². The predicted molar refractivity (Wildman–Crippen MR) is 237 cm³/mol. The molecule has 6 amide bonds. The summed E-state index contributed by atoms with van der Waals surface area (Å²) in [5.74, 6) is -3.75. The number of aryl methyl sites for hydroxylation is 1. The molecule has 0 unspecified atom stereocenters. The van der Waals surface area contributed by atoms with Crippen molar-refractivity contribution in [3.63, 3.8) is 0 Å². The number of nitrogens with two attached hydrogens (primary N) is 3. The monoisotopic (exact) mass is 898 g/mol. The molecule has 17 heteroatoms. The summed E-state index contributed by atoms with van der Waals surface area (Å²) in [5, 5.41) is 15.0. The van der Waals surface area contributed by atoms with E-state index in [9.17, 15) is 28.8 Å². The van der Waals surface area contributed by atoms with Gasteiger partial charge in [0.2, 0.25) is 35.4 Å². The van der Waals surface area contributed by atoms with E-state index in [1.54, 1.807) is 6.20 Å². The van der Waals surface area contributed by atoms with E-state index in [-0.39, 0.29) is 56.9 Å². The number of aliphatic imine (C=N–C) groups is 1. The van der Waals surface area contributed by atoms with Crippen LogP contribution in [0.15, 0.2) is 88.5 Å². The van der Waals surface area contributed by atoms with Crippen LogP contribution in [-0.2, 0) is 54.5 Å². The lowest BCUT2D eigenvalue weighted by atomic mass is 9.76. The third-order valence-corrected chi connectivity index (χ3v) is 11.5. The van der Waals surface area contributed by atoms with Crippen molar-refractivity contribution in [2.45, 2.75) is 94.8 Å². The Kier molecular flexibility index (Phi) is 16.4. The number of H-pyrrole nitrogens is 1. The molecule has 16 nitrogen and oxygen atoms in total. The number of primary amides is 1. The van der Waals surface area contributed by atoms with E-state index in [2.05, 4.69) is 52.5 Å². The Bertz CT molecular complexity index is 2230. The summed E-state index contributed by atoms with van der Waals surface area (Å²) in [6.45, 7) is 1.66. The lowest BCUT2D eigenvalue weighted by Gasteiger charge is -2.39. The fourth-order valence-corrected chi connectivity index (χ4v) is 8.04. The molecule has 1 aromatic heterocycles. The van der Waals surface area contributed by atoms with E-state index in [0.29, 0.717) is 19.3 Å². The molecule has 324 valence electrons. The Balaban J connectivity index is 1.44. The molecule has 5 rings (SSSR count). The highest BCUT2D eigenvalue weighted by atomic mass is 79.9. The van der Waals surface area contributed by atoms with Crippen LogP contribution in [-0.4, -0.2) is 83.1 Å². The Morgan fingerprint density at radius 2 is 1.52 bits per heavy atom. The molecule has 1 heterocycles. The number of unbranched alkanes of at least 4 members (excludes halogenated alkanes) is 1. The minimum atomic E-state index is -1.37. The molecule has 3 aromatic carbocycles. The van der Waals surface area contributed by atoms with Crippen LogP contribution in [0.2, 0.25) is 0 Å². The maximum atomic E-state index is 14.7. The van der Waals surface area contributed by atoms with Crippen LogP contribution >= 0.6 is 15.9 Å². The second-order valence-electron chi connectivity index (χ2n) is 15.3. The van der Waals surface area contributed by atoms with Gasteiger partial charge in [-0.05, 0) is 66.5 Å². The van der Waals surface area contributed by atoms with Crippen LogP contribution < -0.4 is 43.8 Å². The van der Waals surface area contributed by atoms with Crippen molar-refractivity contribution in [3.05, 3.63) is 106 Å². The number of para-hydroxylation sites is 1. The van der Waals surface area contributed by atoms with E-state index < -0.39 is 59.7 Å². The number of aromatic nitrogens is 1. The minimum absolute atomic E-state index is 0.0347. The molecule has 61 heavy (non-hydrogen) atoms. The first-order valence-corrected chi connectivity index (χ1v) is 21.3. The summed E-state index contributed by atoms with van der Waals surface area (Å²) in [7, 11) is 0. The maximum Gasteiger partial charge on any atom is 0.246 e. The molecule has 12 N–H and O–H groups in total. The molecule has 0 saturated carbocycles. The third kappa shape index (κ3) is 12.9. The van der Waals surface area contributed by atoms with Crippen molar-refractivity contribution in [2.75, 3.05) is 13.1 Å². The molecule has 0 spiro atoms. The van der Waals surface area contributed by atoms with Crippen molar-refractivity contribution in [1.82, 2.24) is 31.6 Å². The molecule has 4 atom stereocenters. The predicted octanol–water partition coefficient (Wildman–Crippen LogP) is 2.06. The van der Waals surface area contributed by atoms with Crippen LogP contribution in [0.1, 0.15) is 67.7 Å². The van der Waals surface area contributed by atoms with Crippen molar-refractivity contribution in [2.24, 2.45) is 22.2 Å². The number of carbonyl (C=O) groups excluding carboxylic acids is 6. The largest absolute Gasteiger partial charge is 0.370 e. The van der Waals surface area contributed by atoms with Gasteiger partial charge in [-0.25, -0.2) is 0 Å². The van der Waals surface area contributed by atoms with Gasteiger partial charge in [0.1, 0.15) is 23.7 Å². The Morgan fingerprint density at radius 3 is 2.26 bits per heavy atom. The zero-order chi connectivity index (χ0) is 43.9. The Labute approximate surface area is 363 Å². The second-order valence-corrected chi connectivity index (χ2v) is 16.2. The maximum absolute atomic E-state index is 14.7. The Hall–Kier alpha value is -6.23. The summed E-state index contributed by atoms with van der Waals surface area (Å²) in [6, 6.07) is 18.8. The van der Waals surface area contributed by atoms with Gasteiger partial charge in [0, 0.05) is 53.8 Å². The quantitative estimate of drug-likeness (QED) is 0.0339. The number of amides is 6. The first-order chi connectivity index (χ1) is 29.3. The highest BCUT2D eigenvalue weighted by Gasteiger charge is 2.44. The summed E-state index contributed by atoms with van der Waals surface area (Å²) >= 11 is 3.64. The molecular formula is C44H55BrN10O6. The van der Waals surface area contributed by atoms with Crippen molar-refractivity contribution < 1.29 is 28.8 Å². The lowest BCUT2D eigenvalue weighted by Crippen LogP contribution is -2.65. The molecule has 1 aliphatic rings. The van der Waals surface area contributed by atoms with E-state index in [0.717, 1.165) is 44.1 Å². The smallest absolute Gasteiger partial charge is 0.246 e. The number of nitrogens with one attached hydrogen (secondary N) is 6. The Morgan fingerprint density at radius 1 is 0.820 bits per heavy atom. The zero-order valence-electron chi connectivity index (χ0n) is 34.2. The van der Waals surface area contributed by atoms with Crippen molar-refractivity contribution >= 4 is 68.2 Å². The third-order valence-electron chi connectivity index (χ3n) is 10.7. The van der Waals surface area contributed by atoms with Crippen molar-refractivity contribution in [3.8, 4) is 0 Å². The number of benzene rings is 3.